The molecule has 120 valence electrons. The van der Waals surface area contributed by atoms with Gasteiger partial charge in [-0.25, -0.2) is 4.39 Å². The van der Waals surface area contributed by atoms with Gasteiger partial charge in [0.1, 0.15) is 5.82 Å². The first-order valence-electron chi connectivity index (χ1n) is 7.33. The zero-order valence-corrected chi connectivity index (χ0v) is 13.9. The van der Waals surface area contributed by atoms with Crippen LogP contribution in [0.25, 0.3) is 0 Å². The maximum absolute atomic E-state index is 13.5. The number of carbonyl (C=O) groups excluding carboxylic acids is 1. The van der Waals surface area contributed by atoms with Gasteiger partial charge in [-0.2, -0.15) is 0 Å². The number of hydrogen-bond acceptors (Lipinski definition) is 3. The number of anilines is 1. The number of carbonyl (C=O) groups is 1. The Bertz CT molecular complexity index is 725. The Morgan fingerprint density at radius 3 is 2.96 bits per heavy atom. The van der Waals surface area contributed by atoms with Crippen LogP contribution in [-0.4, -0.2) is 18.2 Å². The van der Waals surface area contributed by atoms with Gasteiger partial charge >= 0.3 is 0 Å². The number of para-hydroxylation sites is 1. The Kier molecular flexibility index (Phi) is 5.08. The van der Waals surface area contributed by atoms with Crippen molar-refractivity contribution in [3.05, 3.63) is 58.9 Å². The van der Waals surface area contributed by atoms with E-state index >= 15 is 0 Å². The van der Waals surface area contributed by atoms with Gasteiger partial charge < -0.3 is 10.6 Å². The van der Waals surface area contributed by atoms with Crippen molar-refractivity contribution in [2.75, 3.05) is 17.6 Å². The molecule has 1 atom stereocenters. The fourth-order valence-electron chi connectivity index (χ4n) is 2.54. The number of halogens is 2. The molecule has 2 N–H and O–H groups in total. The van der Waals surface area contributed by atoms with Crippen molar-refractivity contribution in [3.8, 4) is 0 Å². The first-order valence-corrected chi connectivity index (χ1v) is 8.70. The van der Waals surface area contributed by atoms with Gasteiger partial charge in [-0.15, -0.1) is 11.8 Å². The van der Waals surface area contributed by atoms with Crippen LogP contribution >= 0.6 is 23.4 Å². The molecule has 1 amide bonds. The summed E-state index contributed by atoms with van der Waals surface area (Å²) >= 11 is 7.73. The predicted molar refractivity (Wildman–Crippen MR) is 92.6 cm³/mol. The standard InChI is InChI=1S/C17H16ClFN2OS/c18-13-3-1-2-4-15(13)20-10-17(22)21-14-7-8-23-16-6-5-11(19)9-12(14)16/h1-6,9,14,20H,7-8,10H2,(H,21,22). The Balaban J connectivity index is 1.63. The lowest BCUT2D eigenvalue weighted by atomic mass is 10.0. The van der Waals surface area contributed by atoms with E-state index in [1.165, 1.54) is 12.1 Å². The molecule has 3 nitrogen and oxygen atoms in total. The van der Waals surface area contributed by atoms with Gasteiger partial charge in [-0.1, -0.05) is 23.7 Å². The molecule has 0 fully saturated rings. The highest BCUT2D eigenvalue weighted by molar-refractivity contribution is 7.99. The molecule has 3 rings (SSSR count). The molecule has 1 aliphatic rings. The maximum Gasteiger partial charge on any atom is 0.239 e. The number of nitrogens with one attached hydrogen (secondary N) is 2. The molecule has 2 aromatic rings. The van der Waals surface area contributed by atoms with Gasteiger partial charge in [0.05, 0.1) is 23.3 Å². The highest BCUT2D eigenvalue weighted by Crippen LogP contribution is 2.36. The highest BCUT2D eigenvalue weighted by atomic mass is 35.5. The van der Waals surface area contributed by atoms with Crippen molar-refractivity contribution in [2.45, 2.75) is 17.4 Å². The molecule has 0 spiro atoms. The van der Waals surface area contributed by atoms with E-state index in [9.17, 15) is 9.18 Å². The maximum atomic E-state index is 13.5. The lowest BCUT2D eigenvalue weighted by molar-refractivity contribution is -0.120. The first kappa shape index (κ1) is 16.1. The third-order valence-electron chi connectivity index (χ3n) is 3.66. The average Bonchev–Trinajstić information content (AvgIpc) is 2.55. The van der Waals surface area contributed by atoms with E-state index in [0.29, 0.717) is 5.02 Å². The van der Waals surface area contributed by atoms with Crippen LogP contribution in [0.15, 0.2) is 47.4 Å². The van der Waals surface area contributed by atoms with Crippen molar-refractivity contribution in [1.29, 1.82) is 0 Å². The summed E-state index contributed by atoms with van der Waals surface area (Å²) in [6.07, 6.45) is 0.791. The fraction of sp³-hybridized carbons (Fsp3) is 0.235. The van der Waals surface area contributed by atoms with Crippen LogP contribution in [-0.2, 0) is 4.79 Å². The molecule has 2 aromatic carbocycles. The van der Waals surface area contributed by atoms with Crippen molar-refractivity contribution < 1.29 is 9.18 Å². The smallest absolute Gasteiger partial charge is 0.239 e. The van der Waals surface area contributed by atoms with E-state index in [4.69, 9.17) is 11.6 Å². The summed E-state index contributed by atoms with van der Waals surface area (Å²) in [6.45, 7) is 0.123. The Morgan fingerprint density at radius 2 is 2.13 bits per heavy atom. The molecule has 0 saturated heterocycles. The SMILES string of the molecule is O=C(CNc1ccccc1Cl)NC1CCSc2ccc(F)cc21. The largest absolute Gasteiger partial charge is 0.375 e. The average molecular weight is 351 g/mol. The molecule has 23 heavy (non-hydrogen) atoms. The number of hydrogen-bond donors (Lipinski definition) is 2. The van der Waals surface area contributed by atoms with Crippen LogP contribution in [0.2, 0.25) is 5.02 Å². The Morgan fingerprint density at radius 1 is 1.30 bits per heavy atom. The fourth-order valence-corrected chi connectivity index (χ4v) is 3.85. The number of benzene rings is 2. The number of rotatable bonds is 4. The summed E-state index contributed by atoms with van der Waals surface area (Å²) in [6, 6.07) is 11.8. The summed E-state index contributed by atoms with van der Waals surface area (Å²) in [7, 11) is 0. The zero-order chi connectivity index (χ0) is 16.2. The normalized spacial score (nSPS) is 16.5. The summed E-state index contributed by atoms with van der Waals surface area (Å²) < 4.78 is 13.5. The van der Waals surface area contributed by atoms with Crippen LogP contribution in [0.5, 0.6) is 0 Å². The molecule has 0 radical (unpaired) electrons. The van der Waals surface area contributed by atoms with Gasteiger partial charge in [0, 0.05) is 10.6 Å². The number of fused-ring (bicyclic) bond motifs is 1. The van der Waals surface area contributed by atoms with Gasteiger partial charge in [0.25, 0.3) is 0 Å². The molecule has 0 bridgehead atoms. The van der Waals surface area contributed by atoms with E-state index < -0.39 is 0 Å². The topological polar surface area (TPSA) is 41.1 Å². The molecule has 0 aromatic heterocycles. The molecular weight excluding hydrogens is 335 g/mol. The van der Waals surface area contributed by atoms with Gasteiger partial charge in [-0.3, -0.25) is 4.79 Å². The highest BCUT2D eigenvalue weighted by Gasteiger charge is 2.22. The monoisotopic (exact) mass is 350 g/mol. The lowest BCUT2D eigenvalue weighted by Gasteiger charge is -2.26. The van der Waals surface area contributed by atoms with Crippen molar-refractivity contribution >= 4 is 35.0 Å². The molecule has 1 unspecified atom stereocenters. The molecule has 0 aliphatic carbocycles. The van der Waals surface area contributed by atoms with Crippen molar-refractivity contribution in [1.82, 2.24) is 5.32 Å². The Hall–Kier alpha value is -1.72. The molecule has 6 heteroatoms. The van der Waals surface area contributed by atoms with Crippen LogP contribution in [0.4, 0.5) is 10.1 Å². The van der Waals surface area contributed by atoms with E-state index in [0.717, 1.165) is 28.3 Å². The van der Waals surface area contributed by atoms with E-state index in [1.807, 2.05) is 18.2 Å². The summed E-state index contributed by atoms with van der Waals surface area (Å²) in [5.41, 5.74) is 1.57. The summed E-state index contributed by atoms with van der Waals surface area (Å²) in [5.74, 6) is 0.485. The Labute approximate surface area is 143 Å². The van der Waals surface area contributed by atoms with E-state index in [2.05, 4.69) is 10.6 Å². The zero-order valence-electron chi connectivity index (χ0n) is 12.3. The molecular formula is C17H16ClFN2OS. The van der Waals surface area contributed by atoms with Crippen LogP contribution in [0, 0.1) is 5.82 Å². The van der Waals surface area contributed by atoms with Gasteiger partial charge in [0.2, 0.25) is 5.91 Å². The van der Waals surface area contributed by atoms with E-state index in [-0.39, 0.29) is 24.3 Å². The third-order valence-corrected chi connectivity index (χ3v) is 5.11. The van der Waals surface area contributed by atoms with Crippen molar-refractivity contribution in [2.24, 2.45) is 0 Å². The van der Waals surface area contributed by atoms with Crippen LogP contribution in [0.1, 0.15) is 18.0 Å². The molecule has 1 heterocycles. The number of amides is 1. The second kappa shape index (κ2) is 7.23. The second-order valence-electron chi connectivity index (χ2n) is 5.27. The summed E-state index contributed by atoms with van der Waals surface area (Å²) in [5, 5.41) is 6.55. The number of thioether (sulfide) groups is 1. The van der Waals surface area contributed by atoms with Gasteiger partial charge in [-0.05, 0) is 42.3 Å². The second-order valence-corrected chi connectivity index (χ2v) is 6.82. The minimum atomic E-state index is -0.278. The minimum Gasteiger partial charge on any atom is -0.375 e. The summed E-state index contributed by atoms with van der Waals surface area (Å²) in [4.78, 5) is 13.2. The third kappa shape index (κ3) is 3.98. The van der Waals surface area contributed by atoms with Crippen LogP contribution < -0.4 is 10.6 Å². The molecule has 1 aliphatic heterocycles. The minimum absolute atomic E-state index is 0.123. The first-order chi connectivity index (χ1) is 11.1. The lowest BCUT2D eigenvalue weighted by Crippen LogP contribution is -2.34. The quantitative estimate of drug-likeness (QED) is 0.866. The molecule has 0 saturated carbocycles. The van der Waals surface area contributed by atoms with E-state index in [1.54, 1.807) is 23.9 Å². The van der Waals surface area contributed by atoms with Crippen molar-refractivity contribution in [3.63, 3.8) is 0 Å². The predicted octanol–water partition coefficient (Wildman–Crippen LogP) is 4.24. The van der Waals surface area contributed by atoms with Gasteiger partial charge in [0.15, 0.2) is 0 Å². The van der Waals surface area contributed by atoms with Crippen LogP contribution in [0.3, 0.4) is 0 Å².